The molecule has 12 aliphatic carbocycles. The van der Waals surface area contributed by atoms with Crippen molar-refractivity contribution in [2.75, 3.05) is 14.6 Å². The van der Waals surface area contributed by atoms with Gasteiger partial charge >= 0.3 is 29.6 Å². The summed E-state index contributed by atoms with van der Waals surface area (Å²) >= 11 is 5.11. The van der Waals surface area contributed by atoms with Gasteiger partial charge in [0.05, 0.1) is 40.6 Å². The van der Waals surface area contributed by atoms with Crippen LogP contribution in [-0.4, -0.2) is 83.6 Å². The van der Waals surface area contributed by atoms with Gasteiger partial charge in [0.15, 0.2) is 0 Å². The van der Waals surface area contributed by atoms with Crippen molar-refractivity contribution in [3.63, 3.8) is 0 Å². The Morgan fingerprint density at radius 3 is 1.01 bits per heavy atom. The molecule has 88 heavy (non-hydrogen) atoms. The van der Waals surface area contributed by atoms with Crippen LogP contribution in [0.3, 0.4) is 0 Å². The minimum Gasteiger partial charge on any atom is -0.748 e. The maximum absolute atomic E-state index is 11.8. The topological polar surface area (TPSA) is 158 Å². The monoisotopic (exact) mass is 1480 g/mol. The van der Waals surface area contributed by atoms with Gasteiger partial charge in [0, 0.05) is 5.75 Å². The van der Waals surface area contributed by atoms with E-state index in [0.29, 0.717) is 99.1 Å². The summed E-state index contributed by atoms with van der Waals surface area (Å²) in [5.74, 6) is 12.8. The minimum atomic E-state index is -4.17. The maximum Gasteiger partial charge on any atom is 1.00 e. The predicted octanol–water partition coefficient (Wildman–Crippen LogP) is 14.6. The zero-order chi connectivity index (χ0) is 63.3. The average Bonchev–Trinajstić information content (AvgIpc) is 1.23. The molecule has 8 nitrogen and oxygen atoms in total. The average molecular weight is 1480 g/mol. The van der Waals surface area contributed by atoms with Crippen molar-refractivity contribution in [2.24, 2.45) is 163 Å². The molecule has 0 saturated heterocycles. The Labute approximate surface area is 589 Å². The zero-order valence-corrected chi connectivity index (χ0v) is 65.6. The summed E-state index contributed by atoms with van der Waals surface area (Å²) in [6, 6.07) is 0. The minimum absolute atomic E-state index is 0. The van der Waals surface area contributed by atoms with Gasteiger partial charge in [-0.25, -0.2) is 8.42 Å². The van der Waals surface area contributed by atoms with E-state index in [4.69, 9.17) is 0 Å². The smallest absolute Gasteiger partial charge is 0.748 e. The Morgan fingerprint density at radius 2 is 0.705 bits per heavy atom. The molecule has 33 atom stereocenters. The van der Waals surface area contributed by atoms with Crippen LogP contribution >= 0.6 is 45.2 Å². The summed E-state index contributed by atoms with van der Waals surface area (Å²) in [6.45, 7) is 31.7. The van der Waals surface area contributed by atoms with Crippen molar-refractivity contribution in [1.29, 1.82) is 0 Å². The van der Waals surface area contributed by atoms with Crippen LogP contribution in [-0.2, 0) is 10.1 Å². The number of halogens is 2. The van der Waals surface area contributed by atoms with Gasteiger partial charge in [0.2, 0.25) is 0 Å². The van der Waals surface area contributed by atoms with Gasteiger partial charge in [0.1, 0.15) is 0 Å². The first kappa shape index (κ1) is 74.4. The van der Waals surface area contributed by atoms with Crippen molar-refractivity contribution in [3.8, 4) is 0 Å². The van der Waals surface area contributed by atoms with E-state index in [1.54, 1.807) is 0 Å². The summed E-state index contributed by atoms with van der Waals surface area (Å²) in [4.78, 5) is 0. The van der Waals surface area contributed by atoms with Crippen molar-refractivity contribution in [3.05, 3.63) is 0 Å². The Kier molecular flexibility index (Phi) is 24.3. The normalized spacial score (nSPS) is 52.6. The van der Waals surface area contributed by atoms with Crippen LogP contribution in [0.2, 0.25) is 0 Å². The second-order valence-corrected chi connectivity index (χ2v) is 39.4. The van der Waals surface area contributed by atoms with E-state index in [1.165, 1.54) is 105 Å². The Hall–Kier alpha value is 2.17. The van der Waals surface area contributed by atoms with E-state index in [0.717, 1.165) is 118 Å². The summed E-state index contributed by atoms with van der Waals surface area (Å²) in [5, 5.41) is 56.0. The van der Waals surface area contributed by atoms with Crippen LogP contribution in [0.5, 0.6) is 0 Å². The SMILES string of the molecule is CC[C@H]1[C@@H](O)[C@@H]2[C@H](CC[C@]3(C)[C@@H]([C@H](C)CCI)CC[C@@H]23)[C@@]2(C)CC[C@@H](C)C[C@@H]12.CC[C@H]1[C@@H](O)[C@@H]2[C@H](CC[C@]3(C)[C@@H]([C@H](C)CCI)CC[C@@H]23)[C@@]2(C)CC[C@@H](O)C[C@@H]12.CC[C@H]1[C@@H](O)[C@@H]2[C@H](CC[C@]3(C)[C@@H]([C@H](C)CCS(=O)(=O)[O-])CC[C@@H]23)[C@@]2(C)CC[C@@H](O)C[C@@H]12.[Na+]. The van der Waals surface area contributed by atoms with E-state index in [-0.39, 0.29) is 88.5 Å². The van der Waals surface area contributed by atoms with Gasteiger partial charge in [-0.05, 0) is 319 Å². The molecule has 12 saturated carbocycles. The third kappa shape index (κ3) is 13.0. The number of rotatable bonds is 13. The molecule has 12 fully saturated rings. The Bertz CT molecular complexity index is 2320. The molecule has 0 bridgehead atoms. The second kappa shape index (κ2) is 28.8. The van der Waals surface area contributed by atoms with Crippen LogP contribution in [0.15, 0.2) is 0 Å². The molecule has 12 aliphatic rings. The molecule has 0 amide bonds. The molecular weight excluding hydrogens is 1350 g/mol. The van der Waals surface area contributed by atoms with Crippen LogP contribution in [0.4, 0.5) is 0 Å². The van der Waals surface area contributed by atoms with E-state index in [1.807, 2.05) is 0 Å². The third-order valence-electron chi connectivity index (χ3n) is 32.7. The first-order valence-corrected chi connectivity index (χ1v) is 42.1. The fourth-order valence-electron chi connectivity index (χ4n) is 28.3. The molecule has 12 rings (SSSR count). The zero-order valence-electron chi connectivity index (χ0n) is 58.4. The van der Waals surface area contributed by atoms with Gasteiger partial charge < -0.3 is 30.1 Å². The fraction of sp³-hybridized carbons (Fsp3) is 1.00. The van der Waals surface area contributed by atoms with Gasteiger partial charge in [0.25, 0.3) is 0 Å². The summed E-state index contributed by atoms with van der Waals surface area (Å²) in [7, 11) is -4.17. The van der Waals surface area contributed by atoms with Gasteiger partial charge in [-0.3, -0.25) is 0 Å². The first-order chi connectivity index (χ1) is 41.0. The molecule has 0 aromatic rings. The van der Waals surface area contributed by atoms with Crippen LogP contribution in [0, 0.1) is 163 Å². The molecule has 0 heterocycles. The van der Waals surface area contributed by atoms with E-state index >= 15 is 0 Å². The number of hydrogen-bond donors (Lipinski definition) is 5. The first-order valence-electron chi connectivity index (χ1n) is 37.4. The predicted molar refractivity (Wildman–Crippen MR) is 372 cm³/mol. The van der Waals surface area contributed by atoms with E-state index in [9.17, 15) is 38.5 Å². The maximum atomic E-state index is 11.8. The Balaban J connectivity index is 0.000000156. The van der Waals surface area contributed by atoms with Crippen LogP contribution in [0.25, 0.3) is 0 Å². The quantitative estimate of drug-likeness (QED) is 0.0528. The van der Waals surface area contributed by atoms with Gasteiger partial charge in [-0.1, -0.05) is 161 Å². The molecule has 0 aromatic heterocycles. The van der Waals surface area contributed by atoms with E-state index in [2.05, 4.69) is 135 Å². The summed E-state index contributed by atoms with van der Waals surface area (Å²) in [6.07, 6.45) is 31.0. The van der Waals surface area contributed by atoms with Crippen molar-refractivity contribution in [1.82, 2.24) is 0 Å². The number of fused-ring (bicyclic) bond motifs is 15. The number of aliphatic hydroxyl groups excluding tert-OH is 5. The molecule has 0 unspecified atom stereocenters. The summed E-state index contributed by atoms with van der Waals surface area (Å²) in [5.41, 5.74) is 2.05. The van der Waals surface area contributed by atoms with Crippen molar-refractivity contribution < 1.29 is 68.1 Å². The van der Waals surface area contributed by atoms with E-state index < -0.39 is 10.1 Å². The molecule has 504 valence electrons. The number of hydrogen-bond acceptors (Lipinski definition) is 8. The van der Waals surface area contributed by atoms with Crippen molar-refractivity contribution in [2.45, 2.75) is 294 Å². The largest absolute Gasteiger partial charge is 1.00 e. The van der Waals surface area contributed by atoms with Gasteiger partial charge in [-0.2, -0.15) is 0 Å². The number of alkyl halides is 2. The van der Waals surface area contributed by atoms with Crippen LogP contribution < -0.4 is 29.6 Å². The van der Waals surface area contributed by atoms with Crippen LogP contribution in [0.1, 0.15) is 263 Å². The molecular formula is C76H131I2NaO8S. The third-order valence-corrected chi connectivity index (χ3v) is 34.7. The molecule has 5 N–H and O–H groups in total. The molecule has 0 spiro atoms. The fourth-order valence-corrected chi connectivity index (χ4v) is 30.9. The molecule has 12 heteroatoms. The van der Waals surface area contributed by atoms with Gasteiger partial charge in [-0.15, -0.1) is 0 Å². The molecule has 0 aromatic carbocycles. The Morgan fingerprint density at radius 1 is 0.420 bits per heavy atom. The van der Waals surface area contributed by atoms with Crippen molar-refractivity contribution >= 4 is 55.3 Å². The second-order valence-electron chi connectivity index (χ2n) is 35.8. The standard InChI is InChI=1S/C26H45IO.C25H43IO2.C25H44O5S.Na/c1-6-18-22-15-16(2)9-12-26(22,5)21-10-13-25(4)19(17(3)11-14-27)7-8-20(25)23(21)24(18)28;1-5-17-21-14-16(27)8-11-25(21,4)20-9-12-24(3)18(15(2)10-13-26)6-7-19(24)22(20)23(17)28;1-5-17-21-14-16(26)8-11-25(21,4)20-9-12-24(3)18(15(2)10-13-31(28,29)30)6-7-19(24)22(20)23(17)27;/h16-24,28H,6-15H2,1-5H3;15-23,27-28H,5-14H2,1-4H3;15-23,26-27H,5-14H2,1-4H3,(H,28,29,30);/q;;;+1/p-1/t16-,17-,18-,19-,20+,21+,22+,23+,24-,25-,26-;2*15-,16-,17-,18-,19+,20+,21+,22+,23-,24-,25-;/m111./s1. The number of aliphatic hydroxyl groups is 5. The summed E-state index contributed by atoms with van der Waals surface area (Å²) < 4.78 is 36.2. The molecule has 0 radical (unpaired) electrons. The molecule has 0 aliphatic heterocycles.